The number of hydrogen-bond acceptors (Lipinski definition) is 5. The Hall–Kier alpha value is -2.84. The van der Waals surface area contributed by atoms with Gasteiger partial charge in [0.05, 0.1) is 13.1 Å². The van der Waals surface area contributed by atoms with Crippen LogP contribution in [0.5, 0.6) is 5.75 Å². The van der Waals surface area contributed by atoms with Gasteiger partial charge in [-0.2, -0.15) is 0 Å². The summed E-state index contributed by atoms with van der Waals surface area (Å²) in [6.07, 6.45) is 0.238. The second kappa shape index (κ2) is 10.5. The molecule has 28 heavy (non-hydrogen) atoms. The molecule has 0 spiro atoms. The van der Waals surface area contributed by atoms with Crippen molar-refractivity contribution in [2.75, 3.05) is 7.11 Å². The maximum atomic E-state index is 12.4. The van der Waals surface area contributed by atoms with Gasteiger partial charge in [0.15, 0.2) is 0 Å². The number of carbonyl (C=O) groups excluding carboxylic acids is 2. The summed E-state index contributed by atoms with van der Waals surface area (Å²) in [6.45, 7) is 1.73. The molecule has 2 unspecified atom stereocenters. The van der Waals surface area contributed by atoms with Crippen LogP contribution >= 0.6 is 0 Å². The summed E-state index contributed by atoms with van der Waals surface area (Å²) in [5.74, 6) is -2.24. The summed E-state index contributed by atoms with van der Waals surface area (Å²) < 4.78 is 5.14. The van der Waals surface area contributed by atoms with E-state index >= 15 is 0 Å². The molecule has 0 aliphatic rings. The minimum Gasteiger partial charge on any atom is -0.497 e. The van der Waals surface area contributed by atoms with E-state index in [0.29, 0.717) is 5.75 Å². The van der Waals surface area contributed by atoms with Crippen LogP contribution < -0.4 is 15.4 Å². The predicted octanol–water partition coefficient (Wildman–Crippen LogP) is 0.687. The van der Waals surface area contributed by atoms with E-state index in [-0.39, 0.29) is 13.0 Å². The van der Waals surface area contributed by atoms with Crippen molar-refractivity contribution in [2.45, 2.75) is 25.8 Å². The minimum atomic E-state index is -1.74. The van der Waals surface area contributed by atoms with E-state index in [9.17, 15) is 19.6 Å². The van der Waals surface area contributed by atoms with Crippen LogP contribution in [-0.4, -0.2) is 42.0 Å². The summed E-state index contributed by atoms with van der Waals surface area (Å²) in [5, 5.41) is 24.4. The highest BCUT2D eigenvalue weighted by Crippen LogP contribution is 2.12. The summed E-state index contributed by atoms with van der Waals surface area (Å²) in [6, 6.07) is 16.4. The third-order valence-electron chi connectivity index (χ3n) is 4.37. The number of benzene rings is 2. The van der Waals surface area contributed by atoms with Crippen LogP contribution in [0.2, 0.25) is 0 Å². The molecule has 0 fully saturated rings. The maximum absolute atomic E-state index is 12.4. The Labute approximate surface area is 164 Å². The third-order valence-corrected chi connectivity index (χ3v) is 4.37. The fourth-order valence-corrected chi connectivity index (χ4v) is 2.65. The number of nitrogens with one attached hydrogen (secondary N) is 2. The number of ether oxygens (including phenoxy) is 1. The molecule has 7 nitrogen and oxygen atoms in total. The lowest BCUT2D eigenvalue weighted by molar-refractivity contribution is -0.134. The number of hydrogen-bond donors (Lipinski definition) is 4. The maximum Gasteiger partial charge on any atom is 0.475 e. The second-order valence-corrected chi connectivity index (χ2v) is 6.51. The number of carbonyl (C=O) groups is 2. The van der Waals surface area contributed by atoms with E-state index in [1.165, 1.54) is 6.92 Å². The zero-order chi connectivity index (χ0) is 20.5. The molecule has 0 heterocycles. The van der Waals surface area contributed by atoms with Crippen LogP contribution in [0.4, 0.5) is 0 Å². The molecule has 0 aliphatic heterocycles. The molecule has 2 rings (SSSR count). The fourth-order valence-electron chi connectivity index (χ4n) is 2.65. The molecule has 0 radical (unpaired) electrons. The quantitative estimate of drug-likeness (QED) is 0.376. The molecule has 2 atom stereocenters. The van der Waals surface area contributed by atoms with Crippen LogP contribution in [0, 0.1) is 5.92 Å². The first-order chi connectivity index (χ1) is 13.4. The normalized spacial score (nSPS) is 12.6. The number of methoxy groups -OCH3 is 1. The topological polar surface area (TPSA) is 108 Å². The van der Waals surface area contributed by atoms with Gasteiger partial charge in [0.1, 0.15) is 11.7 Å². The lowest BCUT2D eigenvalue weighted by Crippen LogP contribution is -2.51. The van der Waals surface area contributed by atoms with Gasteiger partial charge < -0.3 is 25.4 Å². The van der Waals surface area contributed by atoms with Crippen molar-refractivity contribution in [3.05, 3.63) is 65.7 Å². The van der Waals surface area contributed by atoms with E-state index < -0.39 is 30.8 Å². The van der Waals surface area contributed by atoms with Crippen molar-refractivity contribution in [2.24, 2.45) is 5.92 Å². The Bertz CT molecular complexity index is 785. The standard InChI is InChI=1S/C20H25BN2O5/c1-14(19(24)22-13-16-9-6-10-17(11-16)28-2)20(25)23-18(21(26)27)12-15-7-4-3-5-8-15/h3-11,14,18,26-27H,12-13H2,1-2H3,(H,22,24)(H,23,25). The van der Waals surface area contributed by atoms with E-state index in [2.05, 4.69) is 10.6 Å². The SMILES string of the molecule is COc1cccc(CNC(=O)C(C)C(=O)NC(Cc2ccccc2)B(O)O)c1. The summed E-state index contributed by atoms with van der Waals surface area (Å²) in [5.41, 5.74) is 1.68. The van der Waals surface area contributed by atoms with Crippen molar-refractivity contribution in [1.29, 1.82) is 0 Å². The Morgan fingerprint density at radius 3 is 2.36 bits per heavy atom. The van der Waals surface area contributed by atoms with E-state index in [1.807, 2.05) is 42.5 Å². The Balaban J connectivity index is 1.90. The Morgan fingerprint density at radius 2 is 1.71 bits per heavy atom. The molecule has 4 N–H and O–H groups in total. The molecular weight excluding hydrogens is 359 g/mol. The van der Waals surface area contributed by atoms with Gasteiger partial charge in [-0.15, -0.1) is 0 Å². The van der Waals surface area contributed by atoms with Crippen LogP contribution in [0.3, 0.4) is 0 Å². The average Bonchev–Trinajstić information content (AvgIpc) is 2.71. The lowest BCUT2D eigenvalue weighted by atomic mass is 9.75. The van der Waals surface area contributed by atoms with Gasteiger partial charge in [-0.3, -0.25) is 9.59 Å². The predicted molar refractivity (Wildman–Crippen MR) is 106 cm³/mol. The molecule has 0 aliphatic carbocycles. The Morgan fingerprint density at radius 1 is 1.04 bits per heavy atom. The van der Waals surface area contributed by atoms with Crippen molar-refractivity contribution >= 4 is 18.9 Å². The second-order valence-electron chi connectivity index (χ2n) is 6.51. The molecule has 2 amide bonds. The van der Waals surface area contributed by atoms with Gasteiger partial charge in [-0.1, -0.05) is 42.5 Å². The van der Waals surface area contributed by atoms with Gasteiger partial charge >= 0.3 is 7.12 Å². The van der Waals surface area contributed by atoms with E-state index in [4.69, 9.17) is 4.74 Å². The molecule has 0 bridgehead atoms. The number of amides is 2. The molecular formula is C20H25BN2O5. The van der Waals surface area contributed by atoms with Gasteiger partial charge in [0.25, 0.3) is 0 Å². The van der Waals surface area contributed by atoms with Crippen molar-refractivity contribution < 1.29 is 24.4 Å². The highest BCUT2D eigenvalue weighted by molar-refractivity contribution is 6.43. The third kappa shape index (κ3) is 6.40. The van der Waals surface area contributed by atoms with Crippen LogP contribution in [0.1, 0.15) is 18.1 Å². The van der Waals surface area contributed by atoms with Gasteiger partial charge in [0.2, 0.25) is 11.8 Å². The zero-order valence-electron chi connectivity index (χ0n) is 16.0. The van der Waals surface area contributed by atoms with Crippen LogP contribution in [0.15, 0.2) is 54.6 Å². The zero-order valence-corrected chi connectivity index (χ0v) is 16.0. The monoisotopic (exact) mass is 384 g/mol. The molecule has 2 aromatic rings. The van der Waals surface area contributed by atoms with Gasteiger partial charge in [-0.05, 0) is 36.6 Å². The van der Waals surface area contributed by atoms with Gasteiger partial charge in [0, 0.05) is 6.54 Å². The fraction of sp³-hybridized carbons (Fsp3) is 0.300. The highest BCUT2D eigenvalue weighted by atomic mass is 16.5. The van der Waals surface area contributed by atoms with E-state index in [1.54, 1.807) is 19.2 Å². The largest absolute Gasteiger partial charge is 0.497 e. The van der Waals surface area contributed by atoms with Crippen molar-refractivity contribution in [3.63, 3.8) is 0 Å². The first kappa shape index (κ1) is 21.5. The first-order valence-corrected chi connectivity index (χ1v) is 9.01. The summed E-state index contributed by atoms with van der Waals surface area (Å²) in [4.78, 5) is 24.7. The average molecular weight is 384 g/mol. The highest BCUT2D eigenvalue weighted by Gasteiger charge is 2.29. The molecule has 0 saturated carbocycles. The molecule has 2 aromatic carbocycles. The number of rotatable bonds is 9. The van der Waals surface area contributed by atoms with Crippen LogP contribution in [-0.2, 0) is 22.6 Å². The summed E-state index contributed by atoms with van der Waals surface area (Å²) in [7, 11) is -0.179. The van der Waals surface area contributed by atoms with Crippen molar-refractivity contribution in [3.8, 4) is 5.75 Å². The van der Waals surface area contributed by atoms with Crippen molar-refractivity contribution in [1.82, 2.24) is 10.6 Å². The van der Waals surface area contributed by atoms with Crippen LogP contribution in [0.25, 0.3) is 0 Å². The first-order valence-electron chi connectivity index (χ1n) is 9.01. The summed E-state index contributed by atoms with van der Waals surface area (Å²) >= 11 is 0. The molecule has 0 saturated heterocycles. The lowest BCUT2D eigenvalue weighted by Gasteiger charge is -2.20. The molecule has 8 heteroatoms. The van der Waals surface area contributed by atoms with E-state index in [0.717, 1.165) is 11.1 Å². The molecule has 148 valence electrons. The Kier molecular flexibility index (Phi) is 8.04. The molecule has 0 aromatic heterocycles. The smallest absolute Gasteiger partial charge is 0.475 e. The van der Waals surface area contributed by atoms with Gasteiger partial charge in [-0.25, -0.2) is 0 Å². The minimum absolute atomic E-state index is 0.238.